The van der Waals surface area contributed by atoms with Gasteiger partial charge in [-0.05, 0) is 43.2 Å². The van der Waals surface area contributed by atoms with Crippen molar-refractivity contribution in [2.24, 2.45) is 5.10 Å². The molecule has 0 amide bonds. The maximum absolute atomic E-state index is 9.10. The Labute approximate surface area is 102 Å². The Morgan fingerprint density at radius 3 is 2.69 bits per heavy atom. The summed E-state index contributed by atoms with van der Waals surface area (Å²) in [4.78, 5) is 0. The smallest absolute Gasteiger partial charge is 0.310 e. The SMILES string of the molecule is CCC(C)[P+](=S)N/N=C/c1ccc(O)cc1. The van der Waals surface area contributed by atoms with Gasteiger partial charge in [0, 0.05) is 0 Å². The summed E-state index contributed by atoms with van der Waals surface area (Å²) in [6, 6.07) is 6.86. The fourth-order valence-electron chi connectivity index (χ4n) is 0.985. The molecule has 0 saturated carbocycles. The molecule has 1 rings (SSSR count). The molecule has 0 fully saturated rings. The van der Waals surface area contributed by atoms with Crippen LogP contribution in [0.5, 0.6) is 5.75 Å². The summed E-state index contributed by atoms with van der Waals surface area (Å²) in [5, 5.41) is 16.2. The van der Waals surface area contributed by atoms with Gasteiger partial charge in [-0.25, -0.2) is 0 Å². The predicted octanol–water partition coefficient (Wildman–Crippen LogP) is 2.97. The molecule has 2 atom stereocenters. The molecule has 2 N–H and O–H groups in total. The molecule has 0 spiro atoms. The number of benzene rings is 1. The van der Waals surface area contributed by atoms with E-state index in [-0.39, 0.29) is 5.75 Å². The Morgan fingerprint density at radius 1 is 1.50 bits per heavy atom. The van der Waals surface area contributed by atoms with Gasteiger partial charge in [-0.3, -0.25) is 0 Å². The molecule has 2 unspecified atom stereocenters. The molecule has 16 heavy (non-hydrogen) atoms. The molecular weight excluding hydrogens is 239 g/mol. The third-order valence-electron chi connectivity index (χ3n) is 2.25. The second kappa shape index (κ2) is 6.56. The lowest BCUT2D eigenvalue weighted by Gasteiger charge is -1.97. The summed E-state index contributed by atoms with van der Waals surface area (Å²) in [5.41, 5.74) is 1.43. The highest BCUT2D eigenvalue weighted by Gasteiger charge is 2.17. The highest BCUT2D eigenvalue weighted by Crippen LogP contribution is 2.25. The Balaban J connectivity index is 2.49. The molecule has 0 aliphatic carbocycles. The molecule has 5 heteroatoms. The van der Waals surface area contributed by atoms with E-state index < -0.39 is 6.85 Å². The fourth-order valence-corrected chi connectivity index (χ4v) is 2.27. The summed E-state index contributed by atoms with van der Waals surface area (Å²) < 4.78 is 0. The van der Waals surface area contributed by atoms with Gasteiger partial charge in [-0.1, -0.05) is 6.92 Å². The van der Waals surface area contributed by atoms with Gasteiger partial charge in [0.05, 0.1) is 6.21 Å². The average Bonchev–Trinajstić information content (AvgIpc) is 2.30. The molecule has 1 aromatic rings. The van der Waals surface area contributed by atoms with Gasteiger partial charge in [-0.2, -0.15) is 0 Å². The quantitative estimate of drug-likeness (QED) is 0.483. The fraction of sp³-hybridized carbons (Fsp3) is 0.364. The van der Waals surface area contributed by atoms with Crippen molar-refractivity contribution in [1.82, 2.24) is 5.20 Å². The molecule has 0 heterocycles. The molecular formula is C11H16N2OPS+. The predicted molar refractivity (Wildman–Crippen MR) is 72.9 cm³/mol. The Kier molecular flexibility index (Phi) is 5.36. The number of phenolic OH excluding ortho intramolecular Hbond substituents is 1. The largest absolute Gasteiger partial charge is 0.508 e. The van der Waals surface area contributed by atoms with Crippen molar-refractivity contribution in [3.63, 3.8) is 0 Å². The zero-order chi connectivity index (χ0) is 12.0. The molecule has 0 aliphatic heterocycles. The Morgan fingerprint density at radius 2 is 2.12 bits per heavy atom. The van der Waals surface area contributed by atoms with Crippen molar-refractivity contribution >= 4 is 24.9 Å². The molecule has 0 saturated heterocycles. The van der Waals surface area contributed by atoms with Crippen LogP contribution < -0.4 is 5.20 Å². The monoisotopic (exact) mass is 255 g/mol. The van der Waals surface area contributed by atoms with Crippen LogP contribution in [0.1, 0.15) is 25.8 Å². The first kappa shape index (κ1) is 13.1. The van der Waals surface area contributed by atoms with Crippen LogP contribution in [0.3, 0.4) is 0 Å². The first-order valence-electron chi connectivity index (χ1n) is 5.17. The summed E-state index contributed by atoms with van der Waals surface area (Å²) in [6.45, 7) is 3.59. The van der Waals surface area contributed by atoms with E-state index in [1.807, 2.05) is 0 Å². The minimum atomic E-state index is -0.658. The number of hydrogen-bond donors (Lipinski definition) is 2. The van der Waals surface area contributed by atoms with Gasteiger partial charge in [0.15, 0.2) is 17.5 Å². The number of rotatable bonds is 5. The van der Waals surface area contributed by atoms with Crippen LogP contribution in [-0.2, 0) is 11.8 Å². The molecule has 86 valence electrons. The number of nitrogens with one attached hydrogen (secondary N) is 1. The zero-order valence-electron chi connectivity index (χ0n) is 9.42. The normalized spacial score (nSPS) is 13.8. The van der Waals surface area contributed by atoms with Gasteiger partial charge >= 0.3 is 6.85 Å². The first-order valence-corrected chi connectivity index (χ1v) is 7.60. The maximum Gasteiger partial charge on any atom is 0.310 e. The number of phenols is 1. The minimum Gasteiger partial charge on any atom is -0.508 e. The van der Waals surface area contributed by atoms with Crippen LogP contribution in [0.4, 0.5) is 0 Å². The minimum absolute atomic E-state index is 0.259. The molecule has 0 bridgehead atoms. The lowest BCUT2D eigenvalue weighted by Crippen LogP contribution is -2.03. The summed E-state index contributed by atoms with van der Waals surface area (Å²) in [6.07, 6.45) is 2.78. The average molecular weight is 255 g/mol. The summed E-state index contributed by atoms with van der Waals surface area (Å²) in [7, 11) is 0. The number of aromatic hydroxyl groups is 1. The van der Waals surface area contributed by atoms with E-state index >= 15 is 0 Å². The first-order chi connectivity index (χ1) is 7.63. The maximum atomic E-state index is 9.10. The van der Waals surface area contributed by atoms with Crippen molar-refractivity contribution < 1.29 is 5.11 Å². The molecule has 3 nitrogen and oxygen atoms in total. The second-order valence-electron chi connectivity index (χ2n) is 3.53. The van der Waals surface area contributed by atoms with Crippen molar-refractivity contribution in [3.8, 4) is 5.75 Å². The van der Waals surface area contributed by atoms with E-state index in [4.69, 9.17) is 16.9 Å². The number of hydrazone groups is 1. The van der Waals surface area contributed by atoms with E-state index in [2.05, 4.69) is 24.1 Å². The van der Waals surface area contributed by atoms with Gasteiger partial charge in [0.25, 0.3) is 0 Å². The summed E-state index contributed by atoms with van der Waals surface area (Å²) in [5.74, 6) is 0.259. The van der Waals surface area contributed by atoms with E-state index in [1.165, 1.54) is 0 Å². The number of nitrogens with zero attached hydrogens (tertiary/aromatic N) is 1. The van der Waals surface area contributed by atoms with Gasteiger partial charge in [-0.15, -0.1) is 10.3 Å². The van der Waals surface area contributed by atoms with Gasteiger partial charge < -0.3 is 5.11 Å². The third-order valence-corrected chi connectivity index (χ3v) is 5.06. The van der Waals surface area contributed by atoms with E-state index in [0.717, 1.165) is 12.0 Å². The Bertz CT molecular complexity index is 378. The van der Waals surface area contributed by atoms with E-state index in [0.29, 0.717) is 5.66 Å². The number of hydrogen-bond acceptors (Lipinski definition) is 3. The van der Waals surface area contributed by atoms with Crippen LogP contribution >= 0.6 is 6.85 Å². The summed E-state index contributed by atoms with van der Waals surface area (Å²) >= 11 is 5.30. The van der Waals surface area contributed by atoms with Crippen molar-refractivity contribution in [2.45, 2.75) is 25.9 Å². The van der Waals surface area contributed by atoms with Gasteiger partial charge in [0.1, 0.15) is 5.75 Å². The van der Waals surface area contributed by atoms with Gasteiger partial charge in [0.2, 0.25) is 0 Å². The van der Waals surface area contributed by atoms with Crippen molar-refractivity contribution in [1.29, 1.82) is 0 Å². The third kappa shape index (κ3) is 4.25. The van der Waals surface area contributed by atoms with Crippen LogP contribution in [0.15, 0.2) is 29.4 Å². The molecule has 0 aliphatic rings. The van der Waals surface area contributed by atoms with Crippen LogP contribution in [0.25, 0.3) is 0 Å². The topological polar surface area (TPSA) is 44.6 Å². The van der Waals surface area contributed by atoms with Crippen LogP contribution in [0, 0.1) is 0 Å². The van der Waals surface area contributed by atoms with Crippen molar-refractivity contribution in [3.05, 3.63) is 29.8 Å². The van der Waals surface area contributed by atoms with Crippen LogP contribution in [0.2, 0.25) is 0 Å². The van der Waals surface area contributed by atoms with E-state index in [9.17, 15) is 0 Å². The Hall–Kier alpha value is -0.990. The lowest BCUT2D eigenvalue weighted by molar-refractivity contribution is 0.475. The lowest BCUT2D eigenvalue weighted by atomic mass is 10.2. The zero-order valence-corrected chi connectivity index (χ0v) is 11.1. The highest BCUT2D eigenvalue weighted by molar-refractivity contribution is 8.04. The molecule has 0 radical (unpaired) electrons. The molecule has 1 aromatic carbocycles. The van der Waals surface area contributed by atoms with Crippen molar-refractivity contribution in [2.75, 3.05) is 0 Å². The standard InChI is InChI=1S/C11H15N2OPS/c1-3-9(2)15(16)13-12-8-10-4-6-11(14)7-5-10/h4-9H,3H2,1-2H3,(H-,12,13,14,16)/p+1. The molecule has 0 aromatic heterocycles. The highest BCUT2D eigenvalue weighted by atomic mass is 32.4. The second-order valence-corrected chi connectivity index (χ2v) is 6.45. The van der Waals surface area contributed by atoms with Crippen LogP contribution in [-0.4, -0.2) is 17.0 Å². The van der Waals surface area contributed by atoms with E-state index in [1.54, 1.807) is 30.5 Å².